The highest BCUT2D eigenvalue weighted by Crippen LogP contribution is 2.33. The molecule has 1 nitrogen and oxygen atoms in total. The third-order valence-corrected chi connectivity index (χ3v) is 3.49. The second-order valence-electron chi connectivity index (χ2n) is 4.40. The first kappa shape index (κ1) is 9.57. The summed E-state index contributed by atoms with van der Waals surface area (Å²) in [5.74, 6) is 0.778. The molecule has 0 spiro atoms. The first-order chi connectivity index (χ1) is 6.74. The number of rotatable bonds is 1. The fourth-order valence-electron chi connectivity index (χ4n) is 2.75. The lowest BCUT2D eigenvalue weighted by atomic mass is 9.86. The molecule has 0 fully saturated rings. The predicted octanol–water partition coefficient (Wildman–Crippen LogP) is 3.09. The van der Waals surface area contributed by atoms with Crippen LogP contribution in [0.2, 0.25) is 0 Å². The lowest BCUT2D eigenvalue weighted by molar-refractivity contribution is 0.408. The van der Waals surface area contributed by atoms with Crippen molar-refractivity contribution in [1.82, 2.24) is 0 Å². The van der Waals surface area contributed by atoms with E-state index in [9.17, 15) is 0 Å². The lowest BCUT2D eigenvalue weighted by Crippen LogP contribution is -2.41. The van der Waals surface area contributed by atoms with E-state index in [1.54, 1.807) is 0 Å². The van der Waals surface area contributed by atoms with Crippen molar-refractivity contribution in [3.63, 3.8) is 0 Å². The Morgan fingerprint density at radius 3 is 2.79 bits per heavy atom. The van der Waals surface area contributed by atoms with Crippen molar-refractivity contribution in [3.8, 4) is 0 Å². The minimum Gasteiger partial charge on any atom is -0.371 e. The van der Waals surface area contributed by atoms with Crippen LogP contribution in [0.5, 0.6) is 0 Å². The summed E-state index contributed by atoms with van der Waals surface area (Å²) in [6.45, 7) is 4.65. The first-order valence-electron chi connectivity index (χ1n) is 5.54. The predicted molar refractivity (Wildman–Crippen MR) is 61.8 cm³/mol. The number of fused-ring (bicyclic) bond motifs is 1. The number of anilines is 1. The van der Waals surface area contributed by atoms with Gasteiger partial charge in [0.2, 0.25) is 0 Å². The van der Waals surface area contributed by atoms with Gasteiger partial charge < -0.3 is 4.90 Å². The second-order valence-corrected chi connectivity index (χ2v) is 4.40. The standard InChI is InChI=1S/C13H19N/c1-4-12-10(2)9-11-7-5-6-8-13(11)14(12)3/h5-8,10,12H,4,9H2,1-3H3. The molecule has 14 heavy (non-hydrogen) atoms. The molecule has 2 rings (SSSR count). The number of hydrogen-bond donors (Lipinski definition) is 0. The zero-order chi connectivity index (χ0) is 10.1. The van der Waals surface area contributed by atoms with Crippen molar-refractivity contribution in [2.45, 2.75) is 32.7 Å². The summed E-state index contributed by atoms with van der Waals surface area (Å²) in [6.07, 6.45) is 2.48. The van der Waals surface area contributed by atoms with Crippen LogP contribution in [0.25, 0.3) is 0 Å². The molecule has 0 bridgehead atoms. The van der Waals surface area contributed by atoms with Crippen molar-refractivity contribution < 1.29 is 0 Å². The molecular formula is C13H19N. The van der Waals surface area contributed by atoms with Crippen LogP contribution < -0.4 is 4.90 Å². The molecule has 2 unspecified atom stereocenters. The SMILES string of the molecule is CCC1C(C)Cc2ccccc2N1C. The number of nitrogens with zero attached hydrogens (tertiary/aromatic N) is 1. The normalized spacial score (nSPS) is 26.1. The summed E-state index contributed by atoms with van der Waals surface area (Å²) < 4.78 is 0. The van der Waals surface area contributed by atoms with Crippen molar-refractivity contribution in [3.05, 3.63) is 29.8 Å². The minimum atomic E-state index is 0.713. The van der Waals surface area contributed by atoms with Gasteiger partial charge in [-0.2, -0.15) is 0 Å². The molecule has 0 saturated heterocycles. The summed E-state index contributed by atoms with van der Waals surface area (Å²) in [6, 6.07) is 9.49. The quantitative estimate of drug-likeness (QED) is 0.656. The average Bonchev–Trinajstić information content (AvgIpc) is 2.18. The topological polar surface area (TPSA) is 3.24 Å². The Kier molecular flexibility index (Phi) is 2.49. The summed E-state index contributed by atoms with van der Waals surface area (Å²) in [5, 5.41) is 0. The fraction of sp³-hybridized carbons (Fsp3) is 0.538. The van der Waals surface area contributed by atoms with Gasteiger partial charge in [-0.05, 0) is 30.4 Å². The van der Waals surface area contributed by atoms with Gasteiger partial charge in [0.15, 0.2) is 0 Å². The van der Waals surface area contributed by atoms with Gasteiger partial charge in [0, 0.05) is 18.8 Å². The fourth-order valence-corrected chi connectivity index (χ4v) is 2.75. The molecule has 0 aliphatic carbocycles. The van der Waals surface area contributed by atoms with E-state index < -0.39 is 0 Å². The average molecular weight is 189 g/mol. The Bertz CT molecular complexity index is 319. The molecule has 2 atom stereocenters. The van der Waals surface area contributed by atoms with E-state index in [1.165, 1.54) is 24.1 Å². The van der Waals surface area contributed by atoms with Crippen LogP contribution >= 0.6 is 0 Å². The minimum absolute atomic E-state index is 0.713. The maximum Gasteiger partial charge on any atom is 0.0398 e. The van der Waals surface area contributed by atoms with Crippen LogP contribution in [0.15, 0.2) is 24.3 Å². The van der Waals surface area contributed by atoms with Crippen molar-refractivity contribution >= 4 is 5.69 Å². The smallest absolute Gasteiger partial charge is 0.0398 e. The van der Waals surface area contributed by atoms with Crippen molar-refractivity contribution in [2.75, 3.05) is 11.9 Å². The highest BCUT2D eigenvalue weighted by molar-refractivity contribution is 5.56. The third-order valence-electron chi connectivity index (χ3n) is 3.49. The molecule has 0 amide bonds. The van der Waals surface area contributed by atoms with E-state index in [1.807, 2.05) is 0 Å². The van der Waals surface area contributed by atoms with Gasteiger partial charge in [-0.15, -0.1) is 0 Å². The molecule has 0 saturated carbocycles. The van der Waals surface area contributed by atoms with Gasteiger partial charge in [0.1, 0.15) is 0 Å². The van der Waals surface area contributed by atoms with Crippen LogP contribution in [0.1, 0.15) is 25.8 Å². The van der Waals surface area contributed by atoms with Gasteiger partial charge in [0.25, 0.3) is 0 Å². The molecule has 1 heterocycles. The van der Waals surface area contributed by atoms with Gasteiger partial charge in [-0.3, -0.25) is 0 Å². The molecular weight excluding hydrogens is 170 g/mol. The maximum absolute atomic E-state index is 2.45. The van der Waals surface area contributed by atoms with Crippen LogP contribution in [0.4, 0.5) is 5.69 Å². The molecule has 76 valence electrons. The monoisotopic (exact) mass is 189 g/mol. The van der Waals surface area contributed by atoms with Gasteiger partial charge >= 0.3 is 0 Å². The van der Waals surface area contributed by atoms with Crippen LogP contribution in [0, 0.1) is 5.92 Å². The summed E-state index contributed by atoms with van der Waals surface area (Å²) in [5.41, 5.74) is 2.93. The first-order valence-corrected chi connectivity index (χ1v) is 5.54. The Morgan fingerprint density at radius 1 is 1.36 bits per heavy atom. The van der Waals surface area contributed by atoms with E-state index in [2.05, 4.69) is 50.1 Å². The maximum atomic E-state index is 2.45. The van der Waals surface area contributed by atoms with E-state index >= 15 is 0 Å². The second kappa shape index (κ2) is 3.64. The number of benzene rings is 1. The largest absolute Gasteiger partial charge is 0.371 e. The van der Waals surface area contributed by atoms with Crippen LogP contribution in [-0.2, 0) is 6.42 Å². The lowest BCUT2D eigenvalue weighted by Gasteiger charge is -2.40. The van der Waals surface area contributed by atoms with E-state index in [0.29, 0.717) is 6.04 Å². The third kappa shape index (κ3) is 1.41. The molecule has 1 aromatic rings. The highest BCUT2D eigenvalue weighted by atomic mass is 15.1. The summed E-state index contributed by atoms with van der Waals surface area (Å²) >= 11 is 0. The Hall–Kier alpha value is -0.980. The summed E-state index contributed by atoms with van der Waals surface area (Å²) in [4.78, 5) is 2.45. The zero-order valence-corrected chi connectivity index (χ0v) is 9.33. The van der Waals surface area contributed by atoms with Crippen LogP contribution in [0.3, 0.4) is 0 Å². The van der Waals surface area contributed by atoms with Gasteiger partial charge in [-0.1, -0.05) is 32.0 Å². The molecule has 1 aromatic carbocycles. The zero-order valence-electron chi connectivity index (χ0n) is 9.33. The van der Waals surface area contributed by atoms with E-state index in [4.69, 9.17) is 0 Å². The Labute approximate surface area is 86.7 Å². The highest BCUT2D eigenvalue weighted by Gasteiger charge is 2.27. The van der Waals surface area contributed by atoms with Gasteiger partial charge in [-0.25, -0.2) is 0 Å². The van der Waals surface area contributed by atoms with Gasteiger partial charge in [0.05, 0.1) is 0 Å². The van der Waals surface area contributed by atoms with E-state index in [-0.39, 0.29) is 0 Å². The van der Waals surface area contributed by atoms with Crippen molar-refractivity contribution in [2.24, 2.45) is 5.92 Å². The molecule has 0 aromatic heterocycles. The molecule has 1 heteroatoms. The molecule has 0 radical (unpaired) electrons. The van der Waals surface area contributed by atoms with E-state index in [0.717, 1.165) is 5.92 Å². The molecule has 1 aliphatic rings. The Morgan fingerprint density at radius 2 is 2.07 bits per heavy atom. The summed E-state index contributed by atoms with van der Waals surface area (Å²) in [7, 11) is 2.22. The Balaban J connectivity index is 2.38. The molecule has 0 N–H and O–H groups in total. The molecule has 1 aliphatic heterocycles. The van der Waals surface area contributed by atoms with Crippen molar-refractivity contribution in [1.29, 1.82) is 0 Å². The number of hydrogen-bond acceptors (Lipinski definition) is 1. The number of para-hydroxylation sites is 1. The van der Waals surface area contributed by atoms with Crippen LogP contribution in [-0.4, -0.2) is 13.1 Å².